The summed E-state index contributed by atoms with van der Waals surface area (Å²) in [6, 6.07) is 0. The summed E-state index contributed by atoms with van der Waals surface area (Å²) in [6.45, 7) is 7.46. The SMILES string of the molecule is CC/C=C\C/C=C\C/C=C\C/C=C\C/C=C\C/C=C\CCCOCC(COC(=O)CCCCCCCCC/C=C\C/C=C\C/C=C\CC)OC(=O)CCCCCCCCCCCCCCC. The third-order valence-electron chi connectivity index (χ3n) is 11.3. The molecule has 0 amide bonds. The molecule has 0 aliphatic rings. The van der Waals surface area contributed by atoms with Gasteiger partial charge in [0.1, 0.15) is 6.61 Å². The molecule has 0 spiro atoms. The maximum absolute atomic E-state index is 12.8. The molecule has 0 N–H and O–H groups in total. The zero-order valence-electron chi connectivity index (χ0n) is 43.2. The number of carbonyl (C=O) groups is 2. The summed E-state index contributed by atoms with van der Waals surface area (Å²) >= 11 is 0. The van der Waals surface area contributed by atoms with E-state index in [9.17, 15) is 9.59 Å². The van der Waals surface area contributed by atoms with Crippen LogP contribution in [0.5, 0.6) is 0 Å². The second-order valence-electron chi connectivity index (χ2n) is 17.7. The fourth-order valence-electron chi connectivity index (χ4n) is 7.31. The minimum absolute atomic E-state index is 0.0529. The molecular formula is C61H102O5. The Balaban J connectivity index is 4.39. The van der Waals surface area contributed by atoms with E-state index in [1.54, 1.807) is 0 Å². The molecule has 0 radical (unpaired) electrons. The largest absolute Gasteiger partial charge is 0.462 e. The van der Waals surface area contributed by atoms with E-state index in [0.29, 0.717) is 19.4 Å². The third kappa shape index (κ3) is 53.2. The van der Waals surface area contributed by atoms with Crippen LogP contribution in [-0.2, 0) is 23.8 Å². The lowest BCUT2D eigenvalue weighted by molar-refractivity contribution is -0.163. The van der Waals surface area contributed by atoms with Gasteiger partial charge in [-0.15, -0.1) is 0 Å². The lowest BCUT2D eigenvalue weighted by Gasteiger charge is -2.18. The summed E-state index contributed by atoms with van der Waals surface area (Å²) in [5.74, 6) is -0.441. The molecule has 0 saturated carbocycles. The zero-order valence-corrected chi connectivity index (χ0v) is 43.2. The Morgan fingerprint density at radius 2 is 0.682 bits per heavy atom. The van der Waals surface area contributed by atoms with Gasteiger partial charge in [-0.25, -0.2) is 0 Å². The monoisotopic (exact) mass is 915 g/mol. The van der Waals surface area contributed by atoms with E-state index in [4.69, 9.17) is 14.2 Å². The number of hydrogen-bond donors (Lipinski definition) is 0. The van der Waals surface area contributed by atoms with Crippen molar-refractivity contribution < 1.29 is 23.8 Å². The van der Waals surface area contributed by atoms with Gasteiger partial charge < -0.3 is 14.2 Å². The molecule has 0 aliphatic carbocycles. The summed E-state index contributed by atoms with van der Waals surface area (Å²) < 4.78 is 17.4. The summed E-state index contributed by atoms with van der Waals surface area (Å²) in [5, 5.41) is 0. The summed E-state index contributed by atoms with van der Waals surface area (Å²) in [5.41, 5.74) is 0. The number of ether oxygens (including phenoxy) is 3. The molecule has 0 aromatic carbocycles. The Morgan fingerprint density at radius 3 is 1.09 bits per heavy atom. The van der Waals surface area contributed by atoms with Crippen LogP contribution in [0.4, 0.5) is 0 Å². The second kappa shape index (κ2) is 55.9. The normalized spacial score (nSPS) is 13.1. The highest BCUT2D eigenvalue weighted by molar-refractivity contribution is 5.70. The van der Waals surface area contributed by atoms with Crippen LogP contribution in [0.1, 0.15) is 239 Å². The second-order valence-corrected chi connectivity index (χ2v) is 17.7. The van der Waals surface area contributed by atoms with Crippen LogP contribution in [0, 0.1) is 0 Å². The lowest BCUT2D eigenvalue weighted by atomic mass is 10.0. The van der Waals surface area contributed by atoms with Crippen molar-refractivity contribution in [2.24, 2.45) is 0 Å². The Kier molecular flexibility index (Phi) is 53.0. The quantitative estimate of drug-likeness (QED) is 0.0346. The van der Waals surface area contributed by atoms with Crippen LogP contribution in [0.2, 0.25) is 0 Å². The van der Waals surface area contributed by atoms with Gasteiger partial charge in [-0.3, -0.25) is 9.59 Å². The molecule has 0 bridgehead atoms. The van der Waals surface area contributed by atoms with Crippen molar-refractivity contribution in [2.45, 2.75) is 245 Å². The van der Waals surface area contributed by atoms with Gasteiger partial charge in [-0.05, 0) is 96.3 Å². The van der Waals surface area contributed by atoms with Crippen molar-refractivity contribution in [3.05, 3.63) is 109 Å². The van der Waals surface area contributed by atoms with E-state index in [2.05, 4.69) is 130 Å². The Hall–Kier alpha value is -3.44. The van der Waals surface area contributed by atoms with Crippen molar-refractivity contribution in [1.82, 2.24) is 0 Å². The number of rotatable bonds is 49. The first-order chi connectivity index (χ1) is 32.6. The molecule has 1 unspecified atom stereocenters. The first-order valence-corrected chi connectivity index (χ1v) is 27.4. The van der Waals surface area contributed by atoms with Crippen molar-refractivity contribution in [3.63, 3.8) is 0 Å². The van der Waals surface area contributed by atoms with Crippen molar-refractivity contribution in [2.75, 3.05) is 19.8 Å². The zero-order chi connectivity index (χ0) is 47.7. The van der Waals surface area contributed by atoms with Crippen LogP contribution < -0.4 is 0 Å². The molecule has 0 fully saturated rings. The Labute approximate surface area is 408 Å². The van der Waals surface area contributed by atoms with Gasteiger partial charge in [0.25, 0.3) is 0 Å². The fraction of sp³-hybridized carbons (Fsp3) is 0.672. The Bertz CT molecular complexity index is 1310. The molecule has 0 aromatic rings. The summed E-state index contributed by atoms with van der Waals surface area (Å²) in [7, 11) is 0. The van der Waals surface area contributed by atoms with Gasteiger partial charge in [-0.2, -0.15) is 0 Å². The predicted octanol–water partition coefficient (Wildman–Crippen LogP) is 18.8. The van der Waals surface area contributed by atoms with E-state index in [-0.39, 0.29) is 25.2 Å². The molecule has 0 aromatic heterocycles. The Morgan fingerprint density at radius 1 is 0.348 bits per heavy atom. The third-order valence-corrected chi connectivity index (χ3v) is 11.3. The summed E-state index contributed by atoms with van der Waals surface area (Å²) in [4.78, 5) is 25.5. The number of hydrogen-bond acceptors (Lipinski definition) is 5. The highest BCUT2D eigenvalue weighted by atomic mass is 16.6. The van der Waals surface area contributed by atoms with Gasteiger partial charge in [0, 0.05) is 19.4 Å². The minimum Gasteiger partial charge on any atom is -0.462 e. The topological polar surface area (TPSA) is 61.8 Å². The van der Waals surface area contributed by atoms with Crippen molar-refractivity contribution in [1.29, 1.82) is 0 Å². The van der Waals surface area contributed by atoms with Crippen molar-refractivity contribution >= 4 is 11.9 Å². The molecule has 5 heteroatoms. The van der Waals surface area contributed by atoms with Gasteiger partial charge in [0.2, 0.25) is 0 Å². The molecule has 376 valence electrons. The van der Waals surface area contributed by atoms with Crippen LogP contribution in [0.15, 0.2) is 109 Å². The first-order valence-electron chi connectivity index (χ1n) is 27.4. The molecule has 0 saturated heterocycles. The summed E-state index contributed by atoms with van der Waals surface area (Å²) in [6.07, 6.45) is 76.8. The van der Waals surface area contributed by atoms with Gasteiger partial charge >= 0.3 is 11.9 Å². The van der Waals surface area contributed by atoms with E-state index < -0.39 is 6.10 Å². The van der Waals surface area contributed by atoms with E-state index in [0.717, 1.165) is 109 Å². The van der Waals surface area contributed by atoms with Gasteiger partial charge in [-0.1, -0.05) is 239 Å². The van der Waals surface area contributed by atoms with Crippen molar-refractivity contribution in [3.8, 4) is 0 Å². The first kappa shape index (κ1) is 62.6. The smallest absolute Gasteiger partial charge is 0.306 e. The average molecular weight is 915 g/mol. The highest BCUT2D eigenvalue weighted by Crippen LogP contribution is 2.15. The van der Waals surface area contributed by atoms with Crippen LogP contribution in [-0.4, -0.2) is 37.9 Å². The molecule has 1 atom stereocenters. The molecular weight excluding hydrogens is 813 g/mol. The van der Waals surface area contributed by atoms with Gasteiger partial charge in [0.05, 0.1) is 6.61 Å². The highest BCUT2D eigenvalue weighted by Gasteiger charge is 2.17. The van der Waals surface area contributed by atoms with Crippen LogP contribution in [0.3, 0.4) is 0 Å². The predicted molar refractivity (Wildman–Crippen MR) is 288 cm³/mol. The van der Waals surface area contributed by atoms with Gasteiger partial charge in [0.15, 0.2) is 6.10 Å². The maximum Gasteiger partial charge on any atom is 0.306 e. The van der Waals surface area contributed by atoms with E-state index in [1.807, 2.05) is 0 Å². The molecule has 0 heterocycles. The molecule has 0 rings (SSSR count). The fourth-order valence-corrected chi connectivity index (χ4v) is 7.31. The molecule has 5 nitrogen and oxygen atoms in total. The van der Waals surface area contributed by atoms with E-state index in [1.165, 1.54) is 96.3 Å². The number of unbranched alkanes of at least 4 members (excludes halogenated alkanes) is 20. The van der Waals surface area contributed by atoms with Crippen LogP contribution >= 0.6 is 0 Å². The number of allylic oxidation sites excluding steroid dienone is 18. The minimum atomic E-state index is -0.575. The molecule has 66 heavy (non-hydrogen) atoms. The average Bonchev–Trinajstić information content (AvgIpc) is 3.32. The number of esters is 2. The van der Waals surface area contributed by atoms with Crippen LogP contribution in [0.25, 0.3) is 0 Å². The maximum atomic E-state index is 12.8. The lowest BCUT2D eigenvalue weighted by Crippen LogP contribution is -2.30. The molecule has 0 aliphatic heterocycles. The standard InChI is InChI=1S/C61H102O5/c1-4-7-10-13-16-19-22-25-27-29-30-31-33-35-38-41-44-47-50-53-56-64-57-59(66-61(63)55-52-49-46-43-40-36-24-21-18-15-12-9-6-3)58-65-60(62)54-51-48-45-42-39-37-34-32-28-26-23-20-17-14-11-8-5-2/h7-8,10-11,16-17,19-20,25-28,30-31,35,38,44,47,59H,4-6,9,12-15,18,21-24,29,32-34,36-37,39-43,45-46,48-58H2,1-3H3/b10-7-,11-8-,19-16-,20-17-,27-25-,28-26-,31-30-,38-35-,47-44-. The number of carbonyl (C=O) groups excluding carboxylic acids is 2. The van der Waals surface area contributed by atoms with E-state index >= 15 is 0 Å².